The Morgan fingerprint density at radius 2 is 1.64 bits per heavy atom. The number of likely N-dealkylation sites (tertiary alicyclic amines) is 1. The number of halogens is 4. The van der Waals surface area contributed by atoms with Crippen LogP contribution in [0.3, 0.4) is 0 Å². The number of carbonyl (C=O) groups is 2. The molecule has 6 rings (SSSR count). The van der Waals surface area contributed by atoms with Crippen molar-refractivity contribution >= 4 is 22.8 Å². The number of aromatic nitrogens is 2. The molecule has 4 heterocycles. The Morgan fingerprint density at radius 1 is 0.978 bits per heavy atom. The van der Waals surface area contributed by atoms with Gasteiger partial charge in [0, 0.05) is 31.2 Å². The summed E-state index contributed by atoms with van der Waals surface area (Å²) in [5.74, 6) is -1.97. The highest BCUT2D eigenvalue weighted by atomic mass is 19.4. The van der Waals surface area contributed by atoms with E-state index in [1.165, 1.54) is 30.3 Å². The number of nitrogens with one attached hydrogen (secondary N) is 1. The Labute approximate surface area is 261 Å². The lowest BCUT2D eigenvalue weighted by Gasteiger charge is -2.46. The summed E-state index contributed by atoms with van der Waals surface area (Å²) < 4.78 is 55.6. The lowest BCUT2D eigenvalue weighted by Crippen LogP contribution is -2.60. The Bertz CT molecular complexity index is 1560. The lowest BCUT2D eigenvalue weighted by molar-refractivity contribution is -0.176. The summed E-state index contributed by atoms with van der Waals surface area (Å²) >= 11 is 0. The normalized spacial score (nSPS) is 23.8. The molecule has 0 spiro atoms. The Hall–Kier alpha value is -3.47. The van der Waals surface area contributed by atoms with Crippen molar-refractivity contribution in [3.63, 3.8) is 0 Å². The first kappa shape index (κ1) is 31.5. The van der Waals surface area contributed by atoms with Crippen LogP contribution in [0.25, 0.3) is 11.0 Å². The zero-order chi connectivity index (χ0) is 32.1. The van der Waals surface area contributed by atoms with Gasteiger partial charge in [-0.3, -0.25) is 14.5 Å². The predicted octanol–water partition coefficient (Wildman–Crippen LogP) is 6.06. The highest BCUT2D eigenvalue weighted by Gasteiger charge is 2.47. The molecule has 3 fully saturated rings. The fourth-order valence-electron chi connectivity index (χ4n) is 8.23. The summed E-state index contributed by atoms with van der Waals surface area (Å²) in [6, 6.07) is 16.2. The minimum absolute atomic E-state index is 0.308. The zero-order valence-corrected chi connectivity index (χ0v) is 26.0. The Kier molecular flexibility index (Phi) is 8.20. The molecule has 0 aliphatic carbocycles. The molecule has 1 aromatic heterocycles. The number of imidazole rings is 1. The fraction of sp³-hybridized carbons (Fsp3) is 0.559. The van der Waals surface area contributed by atoms with Gasteiger partial charge in [0.1, 0.15) is 17.2 Å². The van der Waals surface area contributed by atoms with Crippen LogP contribution in [0.5, 0.6) is 0 Å². The molecule has 2 unspecified atom stereocenters. The number of para-hydroxylation sites is 2. The molecule has 3 aliphatic heterocycles. The third-order valence-corrected chi connectivity index (χ3v) is 10.5. The number of rotatable bonds is 7. The van der Waals surface area contributed by atoms with E-state index < -0.39 is 23.5 Å². The van der Waals surface area contributed by atoms with Crippen LogP contribution in [0.1, 0.15) is 76.2 Å². The Morgan fingerprint density at radius 3 is 2.29 bits per heavy atom. The number of piperidine rings is 2. The van der Waals surface area contributed by atoms with Crippen molar-refractivity contribution in [2.45, 2.75) is 101 Å². The summed E-state index contributed by atoms with van der Waals surface area (Å²) in [7, 11) is 0. The zero-order valence-electron chi connectivity index (χ0n) is 26.0. The van der Waals surface area contributed by atoms with Crippen LogP contribution in [0.4, 0.5) is 17.6 Å². The number of nitrogens with zero attached hydrogens (tertiary/aromatic N) is 4. The molecule has 1 N–H and O–H groups in total. The molecule has 0 saturated carbocycles. The van der Waals surface area contributed by atoms with Crippen molar-refractivity contribution < 1.29 is 27.2 Å². The second kappa shape index (κ2) is 11.7. The van der Waals surface area contributed by atoms with Crippen molar-refractivity contribution in [1.29, 1.82) is 0 Å². The van der Waals surface area contributed by atoms with E-state index in [9.17, 15) is 27.2 Å². The van der Waals surface area contributed by atoms with E-state index in [2.05, 4.69) is 34.6 Å². The van der Waals surface area contributed by atoms with E-state index in [1.807, 2.05) is 17.4 Å². The van der Waals surface area contributed by atoms with Gasteiger partial charge in [0.25, 0.3) is 0 Å². The second-order valence-corrected chi connectivity index (χ2v) is 13.7. The first-order valence-corrected chi connectivity index (χ1v) is 15.9. The van der Waals surface area contributed by atoms with Gasteiger partial charge < -0.3 is 14.8 Å². The molecule has 2 aromatic carbocycles. The predicted molar refractivity (Wildman–Crippen MR) is 163 cm³/mol. The lowest BCUT2D eigenvalue weighted by atomic mass is 9.70. The molecule has 3 aromatic rings. The van der Waals surface area contributed by atoms with Gasteiger partial charge in [-0.25, -0.2) is 9.37 Å². The van der Waals surface area contributed by atoms with E-state index in [1.54, 1.807) is 12.1 Å². The topological polar surface area (TPSA) is 70.5 Å². The van der Waals surface area contributed by atoms with Crippen LogP contribution >= 0.6 is 0 Å². The largest absolute Gasteiger partial charge is 0.471 e. The van der Waals surface area contributed by atoms with Gasteiger partial charge in [0.2, 0.25) is 5.91 Å². The molecule has 2 bridgehead atoms. The third-order valence-electron chi connectivity index (χ3n) is 10.5. The molecule has 0 radical (unpaired) electrons. The number of alkyl halides is 3. The second-order valence-electron chi connectivity index (χ2n) is 13.7. The van der Waals surface area contributed by atoms with Crippen molar-refractivity contribution in [2.24, 2.45) is 0 Å². The number of hydrogen-bond donors (Lipinski definition) is 1. The number of carbonyl (C=O) groups excluding carboxylic acids is 2. The average Bonchev–Trinajstić information content (AvgIpc) is 3.45. The quantitative estimate of drug-likeness (QED) is 0.324. The molecule has 3 aliphatic rings. The minimum atomic E-state index is -5.08. The molecule has 3 saturated heterocycles. The van der Waals surface area contributed by atoms with E-state index in [-0.39, 0.29) is 11.2 Å². The molecule has 2 amide bonds. The van der Waals surface area contributed by atoms with Crippen LogP contribution in [-0.4, -0.2) is 74.6 Å². The summed E-state index contributed by atoms with van der Waals surface area (Å²) in [5.41, 5.74) is 1.000. The maximum absolute atomic E-state index is 14.5. The van der Waals surface area contributed by atoms with E-state index >= 15 is 0 Å². The number of aryl methyl sites for hydroxylation is 1. The first-order chi connectivity index (χ1) is 21.3. The maximum Gasteiger partial charge on any atom is 0.471 e. The number of fused-ring (bicyclic) bond motifs is 3. The van der Waals surface area contributed by atoms with Crippen LogP contribution in [0.2, 0.25) is 0 Å². The van der Waals surface area contributed by atoms with E-state index in [0.717, 1.165) is 55.6 Å². The highest BCUT2D eigenvalue weighted by Crippen LogP contribution is 2.45. The van der Waals surface area contributed by atoms with Gasteiger partial charge in [-0.15, -0.1) is 0 Å². The molecule has 11 heteroatoms. The minimum Gasteiger partial charge on any atom is -0.341 e. The van der Waals surface area contributed by atoms with Crippen molar-refractivity contribution in [3.8, 4) is 0 Å². The third kappa shape index (κ3) is 6.07. The van der Waals surface area contributed by atoms with Gasteiger partial charge in [0.15, 0.2) is 0 Å². The number of amides is 2. The highest BCUT2D eigenvalue weighted by molar-refractivity contribution is 5.92. The van der Waals surface area contributed by atoms with Crippen molar-refractivity contribution in [2.75, 3.05) is 19.6 Å². The van der Waals surface area contributed by atoms with Crippen molar-refractivity contribution in [3.05, 3.63) is 65.7 Å². The summed E-state index contributed by atoms with van der Waals surface area (Å²) in [6.45, 7) is 6.13. The molecule has 242 valence electrons. The first-order valence-electron chi connectivity index (χ1n) is 15.9. The van der Waals surface area contributed by atoms with Crippen molar-refractivity contribution in [1.82, 2.24) is 24.7 Å². The Balaban J connectivity index is 1.16. The summed E-state index contributed by atoms with van der Waals surface area (Å²) in [6.07, 6.45) is 1.19. The SMILES string of the molecule is Cc1nc2ccccc2n1C1CC2CCC(C1)N2CCC1(c2cccc(F)c2)CCN(C(=O)C(C)(C)NC(=O)C(F)(F)F)CC1. The van der Waals surface area contributed by atoms with Crippen LogP contribution in [0.15, 0.2) is 48.5 Å². The van der Waals surface area contributed by atoms with Gasteiger partial charge in [0.05, 0.1) is 11.0 Å². The number of benzene rings is 2. The summed E-state index contributed by atoms with van der Waals surface area (Å²) in [4.78, 5) is 33.8. The smallest absolute Gasteiger partial charge is 0.341 e. The van der Waals surface area contributed by atoms with E-state index in [4.69, 9.17) is 4.98 Å². The summed E-state index contributed by atoms with van der Waals surface area (Å²) in [5, 5.41) is 1.85. The van der Waals surface area contributed by atoms with Gasteiger partial charge >= 0.3 is 12.1 Å². The molecular weight excluding hydrogens is 586 g/mol. The molecule has 45 heavy (non-hydrogen) atoms. The number of hydrogen-bond acceptors (Lipinski definition) is 4. The standard InChI is InChI=1S/C34H41F4N5O2/c1-22-39-28-9-4-5-10-29(28)43(22)27-20-25-11-12-26(21-27)42(25)18-15-33(23-7-6-8-24(35)19-23)13-16-41(17-14-33)31(45)32(2,3)40-30(44)34(36,37)38/h4-10,19,25-27H,11-18,20-21H2,1-3H3,(H,40,44). The van der Waals surface area contributed by atoms with Gasteiger partial charge in [-0.2, -0.15) is 13.2 Å². The van der Waals surface area contributed by atoms with Crippen LogP contribution in [0, 0.1) is 12.7 Å². The monoisotopic (exact) mass is 627 g/mol. The maximum atomic E-state index is 14.5. The van der Waals surface area contributed by atoms with Crippen LogP contribution in [-0.2, 0) is 15.0 Å². The van der Waals surface area contributed by atoms with Gasteiger partial charge in [-0.05, 0) is 108 Å². The average molecular weight is 628 g/mol. The van der Waals surface area contributed by atoms with E-state index in [0.29, 0.717) is 44.1 Å². The molecule has 2 atom stereocenters. The molecular formula is C34H41F4N5O2. The van der Waals surface area contributed by atoms with Gasteiger partial charge in [-0.1, -0.05) is 24.3 Å². The molecule has 7 nitrogen and oxygen atoms in total. The fourth-order valence-corrected chi connectivity index (χ4v) is 8.23. The van der Waals surface area contributed by atoms with Crippen LogP contribution < -0.4 is 5.32 Å².